The van der Waals surface area contributed by atoms with Crippen LogP contribution >= 0.6 is 22.9 Å². The van der Waals surface area contributed by atoms with Gasteiger partial charge in [0.15, 0.2) is 0 Å². The standard InChI is InChI=1S/C21H27ClN2OS/c1-21(2)20(23-6-7-24(21)8-9-25)19-12-17(14-5-10-26-13-14)16-4-3-15(22)11-18(16)19/h3-5,10-11,13,17,19-20,23,25H,6-9,12H2,1-2H3. The molecular weight excluding hydrogens is 364 g/mol. The summed E-state index contributed by atoms with van der Waals surface area (Å²) < 4.78 is 0. The molecule has 5 heteroatoms. The van der Waals surface area contributed by atoms with Crippen LogP contribution < -0.4 is 5.32 Å². The molecular formula is C21H27ClN2OS. The molecule has 0 radical (unpaired) electrons. The quantitative estimate of drug-likeness (QED) is 0.826. The summed E-state index contributed by atoms with van der Waals surface area (Å²) in [5.74, 6) is 0.870. The van der Waals surface area contributed by atoms with Gasteiger partial charge in [0.2, 0.25) is 0 Å². The van der Waals surface area contributed by atoms with Crippen molar-refractivity contribution in [2.24, 2.45) is 0 Å². The van der Waals surface area contributed by atoms with Gasteiger partial charge in [-0.2, -0.15) is 11.3 Å². The smallest absolute Gasteiger partial charge is 0.0558 e. The van der Waals surface area contributed by atoms with Crippen LogP contribution in [0.2, 0.25) is 5.02 Å². The zero-order valence-electron chi connectivity index (χ0n) is 15.4. The molecule has 3 unspecified atom stereocenters. The maximum Gasteiger partial charge on any atom is 0.0558 e. The number of hydrogen-bond donors (Lipinski definition) is 2. The topological polar surface area (TPSA) is 35.5 Å². The van der Waals surface area contributed by atoms with Crippen LogP contribution in [-0.4, -0.2) is 47.8 Å². The van der Waals surface area contributed by atoms with Crippen molar-refractivity contribution in [2.75, 3.05) is 26.2 Å². The van der Waals surface area contributed by atoms with Crippen LogP contribution in [-0.2, 0) is 0 Å². The number of thiophene rings is 1. The van der Waals surface area contributed by atoms with E-state index >= 15 is 0 Å². The molecule has 2 heterocycles. The van der Waals surface area contributed by atoms with Gasteiger partial charge in [-0.1, -0.05) is 17.7 Å². The lowest BCUT2D eigenvalue weighted by atomic mass is 9.78. The van der Waals surface area contributed by atoms with E-state index in [0.29, 0.717) is 17.9 Å². The van der Waals surface area contributed by atoms with Crippen molar-refractivity contribution in [3.8, 4) is 0 Å². The summed E-state index contributed by atoms with van der Waals surface area (Å²) in [5.41, 5.74) is 4.22. The number of nitrogens with one attached hydrogen (secondary N) is 1. The monoisotopic (exact) mass is 390 g/mol. The van der Waals surface area contributed by atoms with Gasteiger partial charge < -0.3 is 10.4 Å². The Morgan fingerprint density at radius 1 is 1.31 bits per heavy atom. The molecule has 1 aliphatic carbocycles. The SMILES string of the molecule is CC1(C)C(C2CC(c3ccsc3)c3ccc(Cl)cc32)NCCN1CCO. The first-order valence-corrected chi connectivity index (χ1v) is 10.7. The van der Waals surface area contributed by atoms with Crippen molar-refractivity contribution < 1.29 is 5.11 Å². The number of aliphatic hydroxyl groups excluding tert-OH is 1. The highest BCUT2D eigenvalue weighted by Crippen LogP contribution is 2.50. The van der Waals surface area contributed by atoms with Gasteiger partial charge in [0.25, 0.3) is 0 Å². The van der Waals surface area contributed by atoms with Crippen molar-refractivity contribution in [3.05, 3.63) is 56.7 Å². The van der Waals surface area contributed by atoms with Gasteiger partial charge in [-0.05, 0) is 65.9 Å². The number of halogens is 1. The fraction of sp³-hybridized carbons (Fsp3) is 0.524. The van der Waals surface area contributed by atoms with Crippen LogP contribution in [0.1, 0.15) is 48.8 Å². The minimum atomic E-state index is -0.0191. The predicted octanol–water partition coefficient (Wildman–Crippen LogP) is 4.07. The van der Waals surface area contributed by atoms with Crippen molar-refractivity contribution >= 4 is 22.9 Å². The van der Waals surface area contributed by atoms with Crippen LogP contribution in [0.5, 0.6) is 0 Å². The molecule has 0 saturated carbocycles. The van der Waals surface area contributed by atoms with E-state index < -0.39 is 0 Å². The third-order valence-corrected chi connectivity index (χ3v) is 7.29. The van der Waals surface area contributed by atoms with Crippen molar-refractivity contribution in [1.29, 1.82) is 0 Å². The average molecular weight is 391 g/mol. The maximum absolute atomic E-state index is 9.49. The Morgan fingerprint density at radius 2 is 2.15 bits per heavy atom. The zero-order chi connectivity index (χ0) is 18.3. The number of aliphatic hydroxyl groups is 1. The first-order valence-electron chi connectivity index (χ1n) is 9.43. The predicted molar refractivity (Wildman–Crippen MR) is 110 cm³/mol. The van der Waals surface area contributed by atoms with Crippen LogP contribution in [0.15, 0.2) is 35.0 Å². The summed E-state index contributed by atoms with van der Waals surface area (Å²) in [6.45, 7) is 7.50. The molecule has 1 aliphatic heterocycles. The molecule has 2 N–H and O–H groups in total. The molecule has 2 aliphatic rings. The summed E-state index contributed by atoms with van der Waals surface area (Å²) in [6.07, 6.45) is 1.11. The van der Waals surface area contributed by atoms with E-state index in [9.17, 15) is 5.11 Å². The second-order valence-corrected chi connectivity index (χ2v) is 9.24. The number of β-amino-alcohol motifs (C(OH)–C–C–N with tert-alkyl or cyclic N) is 1. The Kier molecular flexibility index (Phi) is 5.15. The summed E-state index contributed by atoms with van der Waals surface area (Å²) >= 11 is 8.16. The Morgan fingerprint density at radius 3 is 2.88 bits per heavy atom. The first kappa shape index (κ1) is 18.5. The summed E-state index contributed by atoms with van der Waals surface area (Å²) in [5, 5.41) is 18.6. The Balaban J connectivity index is 1.72. The van der Waals surface area contributed by atoms with Crippen molar-refractivity contribution in [1.82, 2.24) is 10.2 Å². The van der Waals surface area contributed by atoms with Gasteiger partial charge in [-0.3, -0.25) is 4.90 Å². The van der Waals surface area contributed by atoms with Crippen LogP contribution in [0.4, 0.5) is 0 Å². The van der Waals surface area contributed by atoms with Crippen LogP contribution in [0.25, 0.3) is 0 Å². The Hall–Kier alpha value is -0.910. The van der Waals surface area contributed by atoms with Crippen LogP contribution in [0, 0.1) is 0 Å². The van der Waals surface area contributed by atoms with E-state index in [1.54, 1.807) is 11.3 Å². The normalized spacial score (nSPS) is 28.2. The highest BCUT2D eigenvalue weighted by Gasteiger charge is 2.46. The molecule has 0 bridgehead atoms. The van der Waals surface area contributed by atoms with Gasteiger partial charge in [0.1, 0.15) is 0 Å². The van der Waals surface area contributed by atoms with E-state index in [2.05, 4.69) is 53.0 Å². The fourth-order valence-corrected chi connectivity index (χ4v) is 5.94. The number of fused-ring (bicyclic) bond motifs is 1. The molecule has 2 aromatic rings. The lowest BCUT2D eigenvalue weighted by Crippen LogP contribution is -2.66. The highest BCUT2D eigenvalue weighted by atomic mass is 35.5. The Labute approximate surface area is 165 Å². The molecule has 1 fully saturated rings. The fourth-order valence-electron chi connectivity index (χ4n) is 5.04. The lowest BCUT2D eigenvalue weighted by Gasteiger charge is -2.51. The molecule has 140 valence electrons. The number of rotatable bonds is 4. The summed E-state index contributed by atoms with van der Waals surface area (Å²) in [6, 6.07) is 9.02. The molecule has 1 aromatic heterocycles. The third-order valence-electron chi connectivity index (χ3n) is 6.35. The average Bonchev–Trinajstić information content (AvgIpc) is 3.24. The minimum absolute atomic E-state index is 0.0191. The van der Waals surface area contributed by atoms with Crippen molar-refractivity contribution in [3.63, 3.8) is 0 Å². The first-order chi connectivity index (χ1) is 12.5. The van der Waals surface area contributed by atoms with Gasteiger partial charge in [-0.25, -0.2) is 0 Å². The highest BCUT2D eigenvalue weighted by molar-refractivity contribution is 7.08. The van der Waals surface area contributed by atoms with Crippen molar-refractivity contribution in [2.45, 2.75) is 43.7 Å². The maximum atomic E-state index is 9.49. The van der Waals surface area contributed by atoms with Gasteiger partial charge in [-0.15, -0.1) is 0 Å². The number of hydrogen-bond acceptors (Lipinski definition) is 4. The molecule has 0 amide bonds. The molecule has 0 spiro atoms. The number of piperazine rings is 1. The largest absolute Gasteiger partial charge is 0.395 e. The van der Waals surface area contributed by atoms with Gasteiger partial charge in [0.05, 0.1) is 6.61 Å². The number of nitrogens with zero attached hydrogens (tertiary/aromatic N) is 1. The zero-order valence-corrected chi connectivity index (χ0v) is 17.0. The molecule has 1 saturated heterocycles. The van der Waals surface area contributed by atoms with Gasteiger partial charge >= 0.3 is 0 Å². The van der Waals surface area contributed by atoms with E-state index in [1.165, 1.54) is 16.7 Å². The lowest BCUT2D eigenvalue weighted by molar-refractivity contribution is 0.0244. The number of benzene rings is 1. The molecule has 26 heavy (non-hydrogen) atoms. The van der Waals surface area contributed by atoms with Crippen LogP contribution in [0.3, 0.4) is 0 Å². The van der Waals surface area contributed by atoms with E-state index in [1.807, 2.05) is 6.07 Å². The second kappa shape index (κ2) is 7.25. The molecule has 4 rings (SSSR count). The van der Waals surface area contributed by atoms with E-state index in [0.717, 1.165) is 31.1 Å². The van der Waals surface area contributed by atoms with Gasteiger partial charge in [0, 0.05) is 48.1 Å². The van der Waals surface area contributed by atoms with E-state index in [-0.39, 0.29) is 12.1 Å². The van der Waals surface area contributed by atoms with E-state index in [4.69, 9.17) is 11.6 Å². The second-order valence-electron chi connectivity index (χ2n) is 8.02. The Bertz CT molecular complexity index is 759. The minimum Gasteiger partial charge on any atom is -0.395 e. The summed E-state index contributed by atoms with van der Waals surface area (Å²) in [7, 11) is 0. The summed E-state index contributed by atoms with van der Waals surface area (Å²) in [4.78, 5) is 2.43. The molecule has 3 atom stereocenters. The molecule has 1 aromatic carbocycles. The molecule has 3 nitrogen and oxygen atoms in total. The third kappa shape index (κ3) is 3.12.